The van der Waals surface area contributed by atoms with E-state index in [1.54, 1.807) is 18.2 Å². The number of nitrogens with one attached hydrogen (secondary N) is 2. The predicted octanol–water partition coefficient (Wildman–Crippen LogP) is 4.23. The second kappa shape index (κ2) is 12.5. The number of hydrogen-bond donors (Lipinski definition) is 3. The van der Waals surface area contributed by atoms with Gasteiger partial charge < -0.3 is 20.5 Å². The molecule has 222 valence electrons. The Bertz CT molecular complexity index is 1680. The van der Waals surface area contributed by atoms with Crippen molar-refractivity contribution in [2.75, 3.05) is 48.2 Å². The molecule has 0 unspecified atom stereocenters. The zero-order valence-electron chi connectivity index (χ0n) is 22.0. The van der Waals surface area contributed by atoms with E-state index in [1.807, 2.05) is 0 Å². The number of aliphatic hydroxyl groups excluding tert-OH is 1. The lowest BCUT2D eigenvalue weighted by Gasteiger charge is -2.24. The lowest BCUT2D eigenvalue weighted by atomic mass is 10.1. The molecule has 3 aromatic rings. The third-order valence-electron chi connectivity index (χ3n) is 6.41. The fraction of sp³-hybridized carbons (Fsp3) is 0.407. The van der Waals surface area contributed by atoms with Gasteiger partial charge in [-0.15, -0.1) is 11.3 Å². The zero-order valence-corrected chi connectivity index (χ0v) is 24.5. The van der Waals surface area contributed by atoms with E-state index in [9.17, 15) is 30.0 Å². The van der Waals surface area contributed by atoms with Gasteiger partial charge >= 0.3 is 6.18 Å². The molecule has 1 aliphatic heterocycles. The third kappa shape index (κ3) is 8.28. The summed E-state index contributed by atoms with van der Waals surface area (Å²) >= 11 is 1.14. The lowest BCUT2D eigenvalue weighted by molar-refractivity contribution is -0.126. The summed E-state index contributed by atoms with van der Waals surface area (Å²) in [6.07, 6.45) is -3.70. The maximum atomic E-state index is 13.5. The number of aliphatic hydroxyl groups is 1. The summed E-state index contributed by atoms with van der Waals surface area (Å²) in [7, 11) is -6.55. The van der Waals surface area contributed by atoms with E-state index in [-0.39, 0.29) is 58.4 Å². The lowest BCUT2D eigenvalue weighted by Crippen LogP contribution is -2.32. The molecule has 41 heavy (non-hydrogen) atoms. The van der Waals surface area contributed by atoms with Crippen LogP contribution in [0, 0.1) is 11.8 Å². The topological polar surface area (TPSA) is 122 Å². The smallest absolute Gasteiger partial charge is 0.393 e. The Morgan fingerprint density at radius 2 is 1.88 bits per heavy atom. The van der Waals surface area contributed by atoms with Crippen molar-refractivity contribution in [3.8, 4) is 17.6 Å². The number of thiophene rings is 1. The number of alkyl halides is 3. The quantitative estimate of drug-likeness (QED) is 0.301. The summed E-state index contributed by atoms with van der Waals surface area (Å²) in [5, 5.41) is 15.8. The Kier molecular flexibility index (Phi) is 9.42. The minimum atomic E-state index is -4.45. The normalized spacial score (nSPS) is 15.7. The van der Waals surface area contributed by atoms with Crippen LogP contribution in [0.3, 0.4) is 0 Å². The van der Waals surface area contributed by atoms with Crippen LogP contribution < -0.4 is 15.4 Å². The van der Waals surface area contributed by atoms with Gasteiger partial charge in [-0.25, -0.2) is 16.8 Å². The van der Waals surface area contributed by atoms with Crippen LogP contribution in [0.2, 0.25) is 0 Å². The molecule has 3 N–H and O–H groups in total. The van der Waals surface area contributed by atoms with Crippen LogP contribution in [-0.4, -0.2) is 71.7 Å². The van der Waals surface area contributed by atoms with Gasteiger partial charge in [0, 0.05) is 18.4 Å². The maximum absolute atomic E-state index is 13.5. The molecule has 8 nitrogen and oxygen atoms in total. The molecule has 0 amide bonds. The van der Waals surface area contributed by atoms with Crippen LogP contribution >= 0.6 is 11.3 Å². The van der Waals surface area contributed by atoms with Gasteiger partial charge in [0.25, 0.3) is 0 Å². The molecule has 4 rings (SSSR count). The van der Waals surface area contributed by atoms with E-state index in [0.717, 1.165) is 17.6 Å². The average molecular weight is 631 g/mol. The molecule has 0 spiro atoms. The molecular weight excluding hydrogens is 602 g/mol. The van der Waals surface area contributed by atoms with Crippen LogP contribution in [0.25, 0.3) is 10.1 Å². The van der Waals surface area contributed by atoms with Crippen molar-refractivity contribution in [3.05, 3.63) is 46.8 Å². The van der Waals surface area contributed by atoms with Gasteiger partial charge in [-0.05, 0) is 42.0 Å². The summed E-state index contributed by atoms with van der Waals surface area (Å²) in [4.78, 5) is 0.298. The van der Waals surface area contributed by atoms with E-state index >= 15 is 0 Å². The summed E-state index contributed by atoms with van der Waals surface area (Å²) in [6, 6.07) is 9.17. The SMILES string of the molecule is CS(=O)(=O)c1ccc(NCC#Cc2sc3c(NC4CCS(=O)(=O)CC4)cccc3c2CC(F)(F)F)c(OCCO)c1. The molecule has 2 heterocycles. The molecule has 2 aromatic carbocycles. The predicted molar refractivity (Wildman–Crippen MR) is 154 cm³/mol. The van der Waals surface area contributed by atoms with E-state index in [2.05, 4.69) is 22.5 Å². The molecule has 0 aliphatic carbocycles. The minimum absolute atomic E-state index is 0.0229. The van der Waals surface area contributed by atoms with Crippen molar-refractivity contribution in [2.24, 2.45) is 0 Å². The van der Waals surface area contributed by atoms with Gasteiger partial charge in [-0.1, -0.05) is 24.0 Å². The number of sulfone groups is 2. The van der Waals surface area contributed by atoms with Crippen LogP contribution in [0.4, 0.5) is 24.5 Å². The van der Waals surface area contributed by atoms with Crippen LogP contribution in [-0.2, 0) is 26.1 Å². The molecule has 1 aliphatic rings. The number of fused-ring (bicyclic) bond motifs is 1. The van der Waals surface area contributed by atoms with Crippen LogP contribution in [0.5, 0.6) is 5.75 Å². The Balaban J connectivity index is 1.60. The molecule has 0 saturated carbocycles. The fourth-order valence-electron chi connectivity index (χ4n) is 4.43. The van der Waals surface area contributed by atoms with E-state index in [0.29, 0.717) is 34.3 Å². The van der Waals surface area contributed by atoms with E-state index < -0.39 is 32.3 Å². The highest BCUT2D eigenvalue weighted by Crippen LogP contribution is 2.39. The molecule has 0 radical (unpaired) electrons. The van der Waals surface area contributed by atoms with Crippen molar-refractivity contribution in [2.45, 2.75) is 36.4 Å². The van der Waals surface area contributed by atoms with Crippen LogP contribution in [0.15, 0.2) is 41.3 Å². The summed E-state index contributed by atoms with van der Waals surface area (Å²) in [5.74, 6) is 6.03. The second-order valence-corrected chi connectivity index (χ2v) is 15.0. The van der Waals surface area contributed by atoms with Gasteiger partial charge in [-0.3, -0.25) is 0 Å². The first-order chi connectivity index (χ1) is 19.3. The van der Waals surface area contributed by atoms with Gasteiger partial charge in [0.05, 0.1) is 56.9 Å². The molecule has 0 bridgehead atoms. The largest absolute Gasteiger partial charge is 0.489 e. The highest BCUT2D eigenvalue weighted by atomic mass is 32.2. The van der Waals surface area contributed by atoms with E-state index in [1.165, 1.54) is 18.2 Å². The number of hydrogen-bond acceptors (Lipinski definition) is 9. The third-order valence-corrected chi connectivity index (χ3v) is 10.4. The molecule has 1 saturated heterocycles. The number of anilines is 2. The van der Waals surface area contributed by atoms with Crippen LogP contribution in [0.1, 0.15) is 23.3 Å². The number of ether oxygens (including phenoxy) is 1. The van der Waals surface area contributed by atoms with Gasteiger partial charge in [0.1, 0.15) is 22.2 Å². The first-order valence-electron chi connectivity index (χ1n) is 12.6. The maximum Gasteiger partial charge on any atom is 0.393 e. The molecule has 14 heteroatoms. The number of benzene rings is 2. The second-order valence-electron chi connectivity index (χ2n) is 9.61. The summed E-state index contributed by atoms with van der Waals surface area (Å²) in [5.41, 5.74) is 1.13. The monoisotopic (exact) mass is 630 g/mol. The average Bonchev–Trinajstić information content (AvgIpc) is 3.23. The van der Waals surface area contributed by atoms with Gasteiger partial charge in [-0.2, -0.15) is 13.2 Å². The highest BCUT2D eigenvalue weighted by Gasteiger charge is 2.31. The molecule has 0 atom stereocenters. The first kappa shape index (κ1) is 31.0. The summed E-state index contributed by atoms with van der Waals surface area (Å²) in [6.45, 7) is -0.328. The Morgan fingerprint density at radius 1 is 1.15 bits per heavy atom. The Morgan fingerprint density at radius 3 is 2.54 bits per heavy atom. The highest BCUT2D eigenvalue weighted by molar-refractivity contribution is 7.91. The van der Waals surface area contributed by atoms with Crippen molar-refractivity contribution in [1.29, 1.82) is 0 Å². The van der Waals surface area contributed by atoms with Gasteiger partial charge in [0.2, 0.25) is 0 Å². The van der Waals surface area contributed by atoms with E-state index in [4.69, 9.17) is 9.84 Å². The fourth-order valence-corrected chi connectivity index (χ4v) is 7.73. The number of rotatable bonds is 9. The van der Waals surface area contributed by atoms with Crippen molar-refractivity contribution in [1.82, 2.24) is 0 Å². The molecule has 1 fully saturated rings. The molecular formula is C27H29F3N2O6S3. The zero-order chi connectivity index (χ0) is 29.8. The first-order valence-corrected chi connectivity index (χ1v) is 17.2. The molecule has 1 aromatic heterocycles. The summed E-state index contributed by atoms with van der Waals surface area (Å²) < 4.78 is 94.1. The van der Waals surface area contributed by atoms with Crippen molar-refractivity contribution in [3.63, 3.8) is 0 Å². The Labute approximate surface area is 240 Å². The Hall–Kier alpha value is -2.99. The van der Waals surface area contributed by atoms with Gasteiger partial charge in [0.15, 0.2) is 9.84 Å². The standard InChI is InChI=1S/C27H29F3N2O6S3/c1-40(34,35)19-7-8-22(24(16-19)38-13-12-33)31-11-3-6-25-21(17-27(28,29)30)20-4-2-5-23(26(20)39-25)32-18-9-14-41(36,37)15-10-18/h2,4-5,7-8,16,18,31-33H,9-15,17H2,1H3. The van der Waals surface area contributed by atoms with Crippen molar-refractivity contribution >= 4 is 52.5 Å². The number of halogens is 3. The minimum Gasteiger partial charge on any atom is -0.489 e. The van der Waals surface area contributed by atoms with Crippen molar-refractivity contribution < 1.29 is 39.9 Å².